The molecule has 0 N–H and O–H groups in total. The van der Waals surface area contributed by atoms with Crippen LogP contribution in [0.25, 0.3) is 0 Å². The molecule has 0 aromatic carbocycles. The van der Waals surface area contributed by atoms with Crippen LogP contribution < -0.4 is 0 Å². The van der Waals surface area contributed by atoms with Gasteiger partial charge in [0.25, 0.3) is 0 Å². The zero-order chi connectivity index (χ0) is 10.4. The minimum atomic E-state index is 0.496. The summed E-state index contributed by atoms with van der Waals surface area (Å²) in [6.45, 7) is 4.58. The second kappa shape index (κ2) is 6.21. The van der Waals surface area contributed by atoms with Crippen molar-refractivity contribution in [1.82, 2.24) is 0 Å². The Balaban J connectivity index is 2.09. The van der Waals surface area contributed by atoms with Crippen molar-refractivity contribution in [1.29, 1.82) is 0 Å². The smallest absolute Gasteiger partial charge is 0.133 e. The summed E-state index contributed by atoms with van der Waals surface area (Å²) in [6.07, 6.45) is 9.64. The summed E-state index contributed by atoms with van der Waals surface area (Å²) in [5.41, 5.74) is 0. The van der Waals surface area contributed by atoms with Crippen LogP contribution in [0, 0.1) is 11.8 Å². The number of ketones is 1. The summed E-state index contributed by atoms with van der Waals surface area (Å²) in [5.74, 6) is 1.98. The van der Waals surface area contributed by atoms with Crippen molar-refractivity contribution in [3.05, 3.63) is 0 Å². The van der Waals surface area contributed by atoms with Gasteiger partial charge in [0.1, 0.15) is 5.78 Å². The molecule has 2 unspecified atom stereocenters. The summed E-state index contributed by atoms with van der Waals surface area (Å²) < 4.78 is 0. The number of Topliss-reactive ketones (excluding diaryl/α,β-unsaturated/α-hetero) is 1. The van der Waals surface area contributed by atoms with E-state index in [1.165, 1.54) is 32.1 Å². The Bertz CT molecular complexity index is 174. The lowest BCUT2D eigenvalue weighted by Crippen LogP contribution is -2.08. The Morgan fingerprint density at radius 2 is 2.14 bits per heavy atom. The fourth-order valence-electron chi connectivity index (χ4n) is 2.46. The van der Waals surface area contributed by atoms with E-state index < -0.39 is 0 Å². The van der Waals surface area contributed by atoms with Gasteiger partial charge in [0.15, 0.2) is 0 Å². The summed E-state index contributed by atoms with van der Waals surface area (Å²) >= 11 is 0. The third kappa shape index (κ3) is 3.81. The molecule has 14 heavy (non-hydrogen) atoms. The quantitative estimate of drug-likeness (QED) is 0.588. The standard InChI is InChI=1S/C13H24O/c1-3-4-5-6-7-11(2)12-8-9-13(14)10-12/h11-12H,3-10H2,1-2H3. The van der Waals surface area contributed by atoms with Gasteiger partial charge in [-0.1, -0.05) is 46.0 Å². The van der Waals surface area contributed by atoms with E-state index in [4.69, 9.17) is 0 Å². The van der Waals surface area contributed by atoms with Crippen molar-refractivity contribution in [2.75, 3.05) is 0 Å². The molecule has 1 saturated carbocycles. The van der Waals surface area contributed by atoms with Crippen LogP contribution in [0.3, 0.4) is 0 Å². The first-order chi connectivity index (χ1) is 6.74. The van der Waals surface area contributed by atoms with E-state index in [1.54, 1.807) is 0 Å². The lowest BCUT2D eigenvalue weighted by molar-refractivity contribution is -0.117. The lowest BCUT2D eigenvalue weighted by atomic mass is 9.88. The Labute approximate surface area is 88.3 Å². The van der Waals surface area contributed by atoms with Gasteiger partial charge in [-0.05, 0) is 18.3 Å². The zero-order valence-electron chi connectivity index (χ0n) is 9.72. The number of hydrogen-bond donors (Lipinski definition) is 0. The number of carbonyl (C=O) groups excluding carboxylic acids is 1. The maximum atomic E-state index is 11.1. The Kier molecular flexibility index (Phi) is 5.21. The maximum Gasteiger partial charge on any atom is 0.133 e. The van der Waals surface area contributed by atoms with Crippen molar-refractivity contribution in [3.8, 4) is 0 Å². The van der Waals surface area contributed by atoms with E-state index in [2.05, 4.69) is 13.8 Å². The van der Waals surface area contributed by atoms with E-state index in [-0.39, 0.29) is 0 Å². The van der Waals surface area contributed by atoms with E-state index >= 15 is 0 Å². The van der Waals surface area contributed by atoms with Crippen LogP contribution in [0.4, 0.5) is 0 Å². The fourth-order valence-corrected chi connectivity index (χ4v) is 2.46. The van der Waals surface area contributed by atoms with Gasteiger partial charge in [-0.15, -0.1) is 0 Å². The average Bonchev–Trinajstić information content (AvgIpc) is 2.59. The van der Waals surface area contributed by atoms with Gasteiger partial charge >= 0.3 is 0 Å². The number of hydrogen-bond acceptors (Lipinski definition) is 1. The van der Waals surface area contributed by atoms with Gasteiger partial charge in [-0.25, -0.2) is 0 Å². The normalized spacial score (nSPS) is 24.1. The molecule has 0 aromatic heterocycles. The molecule has 0 heterocycles. The Morgan fingerprint density at radius 1 is 1.36 bits per heavy atom. The second-order valence-corrected chi connectivity index (χ2v) is 4.87. The largest absolute Gasteiger partial charge is 0.300 e. The minimum absolute atomic E-state index is 0.496. The SMILES string of the molecule is CCCCCCC(C)C1CCC(=O)C1. The molecular formula is C13H24O. The molecule has 0 aromatic rings. The summed E-state index contributed by atoms with van der Waals surface area (Å²) in [5, 5.41) is 0. The van der Waals surface area contributed by atoms with Crippen molar-refractivity contribution in [2.45, 2.75) is 65.2 Å². The van der Waals surface area contributed by atoms with Gasteiger partial charge in [0.05, 0.1) is 0 Å². The predicted molar refractivity (Wildman–Crippen MR) is 60.3 cm³/mol. The van der Waals surface area contributed by atoms with Crippen molar-refractivity contribution < 1.29 is 4.79 Å². The molecule has 0 saturated heterocycles. The van der Waals surface area contributed by atoms with Crippen LogP contribution in [-0.4, -0.2) is 5.78 Å². The molecule has 1 aliphatic carbocycles. The van der Waals surface area contributed by atoms with Crippen LogP contribution in [0.1, 0.15) is 65.2 Å². The number of carbonyl (C=O) groups is 1. The molecule has 0 spiro atoms. The second-order valence-electron chi connectivity index (χ2n) is 4.87. The first kappa shape index (κ1) is 11.7. The molecule has 1 heteroatoms. The highest BCUT2D eigenvalue weighted by atomic mass is 16.1. The van der Waals surface area contributed by atoms with E-state index in [0.717, 1.165) is 25.2 Å². The molecule has 1 nitrogen and oxygen atoms in total. The third-order valence-electron chi connectivity index (χ3n) is 3.60. The summed E-state index contributed by atoms with van der Waals surface area (Å²) in [4.78, 5) is 11.1. The van der Waals surface area contributed by atoms with Crippen LogP contribution in [0.15, 0.2) is 0 Å². The van der Waals surface area contributed by atoms with Gasteiger partial charge in [0.2, 0.25) is 0 Å². The molecule has 0 aliphatic heterocycles. The monoisotopic (exact) mass is 196 g/mol. The average molecular weight is 196 g/mol. The van der Waals surface area contributed by atoms with E-state index in [0.29, 0.717) is 11.7 Å². The van der Waals surface area contributed by atoms with Gasteiger partial charge in [0, 0.05) is 12.8 Å². The van der Waals surface area contributed by atoms with Crippen LogP contribution in [-0.2, 0) is 4.79 Å². The predicted octanol–water partition coefficient (Wildman–Crippen LogP) is 3.96. The van der Waals surface area contributed by atoms with Crippen LogP contribution in [0.5, 0.6) is 0 Å². The summed E-state index contributed by atoms with van der Waals surface area (Å²) in [6, 6.07) is 0. The highest BCUT2D eigenvalue weighted by Crippen LogP contribution is 2.31. The third-order valence-corrected chi connectivity index (χ3v) is 3.60. The van der Waals surface area contributed by atoms with E-state index in [1.807, 2.05) is 0 Å². The molecule has 0 bridgehead atoms. The molecule has 0 radical (unpaired) electrons. The Morgan fingerprint density at radius 3 is 2.71 bits per heavy atom. The topological polar surface area (TPSA) is 17.1 Å². The summed E-state index contributed by atoms with van der Waals surface area (Å²) in [7, 11) is 0. The number of unbranched alkanes of at least 4 members (excludes halogenated alkanes) is 3. The van der Waals surface area contributed by atoms with Crippen molar-refractivity contribution in [2.24, 2.45) is 11.8 Å². The van der Waals surface area contributed by atoms with Crippen molar-refractivity contribution >= 4 is 5.78 Å². The van der Waals surface area contributed by atoms with E-state index in [9.17, 15) is 4.79 Å². The molecular weight excluding hydrogens is 172 g/mol. The highest BCUT2D eigenvalue weighted by molar-refractivity contribution is 5.80. The molecule has 2 atom stereocenters. The fraction of sp³-hybridized carbons (Fsp3) is 0.923. The van der Waals surface area contributed by atoms with Gasteiger partial charge in [-0.3, -0.25) is 4.79 Å². The minimum Gasteiger partial charge on any atom is -0.300 e. The molecule has 0 amide bonds. The maximum absolute atomic E-state index is 11.1. The first-order valence-corrected chi connectivity index (χ1v) is 6.25. The molecule has 82 valence electrons. The molecule has 1 rings (SSSR count). The van der Waals surface area contributed by atoms with Crippen LogP contribution >= 0.6 is 0 Å². The zero-order valence-corrected chi connectivity index (χ0v) is 9.72. The first-order valence-electron chi connectivity index (χ1n) is 6.25. The lowest BCUT2D eigenvalue weighted by Gasteiger charge is -2.17. The Hall–Kier alpha value is -0.330. The molecule has 1 fully saturated rings. The van der Waals surface area contributed by atoms with Gasteiger partial charge < -0.3 is 0 Å². The molecule has 1 aliphatic rings. The van der Waals surface area contributed by atoms with Crippen molar-refractivity contribution in [3.63, 3.8) is 0 Å². The van der Waals surface area contributed by atoms with Gasteiger partial charge in [-0.2, -0.15) is 0 Å². The van der Waals surface area contributed by atoms with Crippen LogP contribution in [0.2, 0.25) is 0 Å². The highest BCUT2D eigenvalue weighted by Gasteiger charge is 2.26. The number of rotatable bonds is 6.